The maximum absolute atomic E-state index is 13.2. The fourth-order valence-electron chi connectivity index (χ4n) is 10.9. The van der Waals surface area contributed by atoms with Crippen LogP contribution in [0, 0.1) is 34.6 Å². The molecule has 7 aromatic rings. The molecule has 1 N–H and O–H groups in total. The van der Waals surface area contributed by atoms with Crippen LogP contribution in [0.4, 0.5) is 5.69 Å². The number of carbonyl (C=O) groups excluding carboxylic acids is 2. The molecule has 21 heteroatoms. The zero-order valence-electron chi connectivity index (χ0n) is 40.1. The van der Waals surface area contributed by atoms with Gasteiger partial charge in [-0.15, -0.1) is 0 Å². The highest BCUT2D eigenvalue weighted by atomic mass is 35.5. The fraction of sp³-hybridized carbons (Fsp3) is 0.429. The van der Waals surface area contributed by atoms with Gasteiger partial charge in [0.1, 0.15) is 23.2 Å². The average molecular weight is 1010 g/mol. The van der Waals surface area contributed by atoms with Gasteiger partial charge in [0.05, 0.1) is 70.1 Å². The van der Waals surface area contributed by atoms with Crippen LogP contribution in [0.2, 0.25) is 5.02 Å². The summed E-state index contributed by atoms with van der Waals surface area (Å²) in [5.41, 5.74) is 10.6. The summed E-state index contributed by atoms with van der Waals surface area (Å²) in [4.78, 5) is 37.0. The summed E-state index contributed by atoms with van der Waals surface area (Å²) in [5.74, 6) is 3.06. The third-order valence-corrected chi connectivity index (χ3v) is 16.9. The Morgan fingerprint density at radius 3 is 1.64 bits per heavy atom. The lowest BCUT2D eigenvalue weighted by atomic mass is 10.0. The number of benzene rings is 3. The summed E-state index contributed by atoms with van der Waals surface area (Å²) >= 11 is 6.39. The van der Waals surface area contributed by atoms with E-state index < -0.39 is 20.0 Å². The molecule has 0 aliphatic carbocycles. The van der Waals surface area contributed by atoms with Crippen molar-refractivity contribution in [2.24, 2.45) is 0 Å². The molecule has 2 amide bonds. The van der Waals surface area contributed by atoms with Crippen molar-refractivity contribution in [2.45, 2.75) is 97.3 Å². The molecule has 18 nitrogen and oxygen atoms in total. The van der Waals surface area contributed by atoms with Crippen LogP contribution in [0.1, 0.15) is 103 Å². The van der Waals surface area contributed by atoms with E-state index in [1.807, 2.05) is 89.2 Å². The first-order valence-electron chi connectivity index (χ1n) is 23.4. The minimum Gasteiger partial charge on any atom is -0.361 e. The maximum Gasteiger partial charge on any atom is 0.227 e. The second-order valence-electron chi connectivity index (χ2n) is 19.1. The summed E-state index contributed by atoms with van der Waals surface area (Å²) in [6, 6.07) is 17.2. The van der Waals surface area contributed by atoms with Gasteiger partial charge in [0.25, 0.3) is 0 Å². The van der Waals surface area contributed by atoms with Crippen LogP contribution in [-0.2, 0) is 29.6 Å². The Balaban J connectivity index is 0.000000166. The van der Waals surface area contributed by atoms with Crippen molar-refractivity contribution in [2.75, 3.05) is 43.6 Å². The number of anilines is 1. The molecule has 4 atom stereocenters. The second-order valence-corrected chi connectivity index (χ2v) is 23.5. The molecule has 3 aromatic carbocycles. The van der Waals surface area contributed by atoms with Gasteiger partial charge in [-0.3, -0.25) is 9.59 Å². The number of rotatable bonds is 9. The predicted molar refractivity (Wildman–Crippen MR) is 265 cm³/mol. The van der Waals surface area contributed by atoms with Crippen LogP contribution >= 0.6 is 11.6 Å². The standard InChI is InChI=1S/C28H30ClN5O4S.C21H25N5O4S/c1-16-11-20(29)14-22(12-16)33-25(7-8-26(33)35)28-30-23-13-19(27-17(2)31-38-18(27)3)5-6-24(23)34(28)21-9-10-32(15-21)39(4,36)37;1-12-20(13(2)30-24-12)14-4-6-18-17(10-14)23-21(16-5-7-19(27)22-16)26(18)15-8-9-25(11-15)31(3,28)29/h5-6,11-14,21,25H,7-10,15H2,1-4H3;4,6,10,15-16H,5,7-9,11H2,1-3H3,(H,22,27)/t21-,25+;15-,16+/m11/s1. The largest absolute Gasteiger partial charge is 0.361 e. The van der Waals surface area contributed by atoms with Crippen molar-refractivity contribution >= 4 is 71.2 Å². The number of nitrogens with zero attached hydrogens (tertiary/aromatic N) is 9. The Hall–Kier alpha value is -5.93. The topological polar surface area (TPSA) is 212 Å². The molecular formula is C49H55ClN10O8S2. The highest BCUT2D eigenvalue weighted by Gasteiger charge is 2.40. The molecule has 4 aliphatic rings. The number of hydrogen-bond acceptors (Lipinski definition) is 12. The first-order chi connectivity index (χ1) is 33.2. The number of carbonyl (C=O) groups is 2. The molecule has 70 heavy (non-hydrogen) atoms. The molecule has 4 saturated heterocycles. The fourth-order valence-corrected chi connectivity index (χ4v) is 13.0. The van der Waals surface area contributed by atoms with Crippen molar-refractivity contribution in [3.8, 4) is 22.3 Å². The zero-order valence-corrected chi connectivity index (χ0v) is 42.5. The van der Waals surface area contributed by atoms with Crippen molar-refractivity contribution in [3.63, 3.8) is 0 Å². The smallest absolute Gasteiger partial charge is 0.227 e. The lowest BCUT2D eigenvalue weighted by Crippen LogP contribution is -2.31. The van der Waals surface area contributed by atoms with Gasteiger partial charge in [-0.1, -0.05) is 34.0 Å². The average Bonchev–Trinajstić information content (AvgIpc) is 4.15. The third-order valence-electron chi connectivity index (χ3n) is 14.1. The molecule has 0 saturated carbocycles. The van der Waals surface area contributed by atoms with E-state index in [0.717, 1.165) is 90.1 Å². The van der Waals surface area contributed by atoms with Gasteiger partial charge >= 0.3 is 0 Å². The van der Waals surface area contributed by atoms with Crippen molar-refractivity contribution in [1.29, 1.82) is 0 Å². The molecule has 11 rings (SSSR count). The Morgan fingerprint density at radius 2 is 1.19 bits per heavy atom. The monoisotopic (exact) mass is 1010 g/mol. The van der Waals surface area contributed by atoms with Gasteiger partial charge in [-0.05, 0) is 119 Å². The van der Waals surface area contributed by atoms with E-state index in [9.17, 15) is 26.4 Å². The van der Waals surface area contributed by atoms with Crippen LogP contribution in [0.5, 0.6) is 0 Å². The number of hydrogen-bond donors (Lipinski definition) is 1. The Labute approximate surface area is 411 Å². The highest BCUT2D eigenvalue weighted by molar-refractivity contribution is 7.88. The van der Waals surface area contributed by atoms with E-state index >= 15 is 0 Å². The molecular weight excluding hydrogens is 956 g/mol. The van der Waals surface area contributed by atoms with E-state index in [1.165, 1.54) is 21.1 Å². The molecule has 0 bridgehead atoms. The van der Waals surface area contributed by atoms with Crippen LogP contribution < -0.4 is 10.2 Å². The summed E-state index contributed by atoms with van der Waals surface area (Å²) < 4.78 is 66.9. The van der Waals surface area contributed by atoms with Gasteiger partial charge < -0.3 is 28.4 Å². The van der Waals surface area contributed by atoms with Crippen LogP contribution in [0.15, 0.2) is 63.6 Å². The Morgan fingerprint density at radius 1 is 0.657 bits per heavy atom. The van der Waals surface area contributed by atoms with E-state index in [4.69, 9.17) is 30.6 Å². The summed E-state index contributed by atoms with van der Waals surface area (Å²) in [5, 5.41) is 11.7. The predicted octanol–water partition coefficient (Wildman–Crippen LogP) is 7.81. The third kappa shape index (κ3) is 8.81. The van der Waals surface area contributed by atoms with Gasteiger partial charge in [0.15, 0.2) is 0 Å². The maximum atomic E-state index is 13.2. The second kappa shape index (κ2) is 18.0. The number of aryl methyl sites for hydroxylation is 5. The lowest BCUT2D eigenvalue weighted by molar-refractivity contribution is -0.119. The molecule has 0 spiro atoms. The van der Waals surface area contributed by atoms with Crippen molar-refractivity contribution in [3.05, 3.63) is 99.7 Å². The van der Waals surface area contributed by atoms with Crippen LogP contribution in [-0.4, -0.2) is 105 Å². The first-order valence-corrected chi connectivity index (χ1v) is 27.5. The lowest BCUT2D eigenvalue weighted by Gasteiger charge is -2.27. The van der Waals surface area contributed by atoms with Gasteiger partial charge in [0, 0.05) is 60.9 Å². The van der Waals surface area contributed by atoms with Gasteiger partial charge in [-0.25, -0.2) is 35.4 Å². The highest BCUT2D eigenvalue weighted by Crippen LogP contribution is 2.43. The quantitative estimate of drug-likeness (QED) is 0.147. The number of imidazole rings is 2. The van der Waals surface area contributed by atoms with Gasteiger partial charge in [-0.2, -0.15) is 0 Å². The number of fused-ring (bicyclic) bond motifs is 2. The summed E-state index contributed by atoms with van der Waals surface area (Å²) in [6.45, 7) is 11.2. The van der Waals surface area contributed by atoms with Crippen molar-refractivity contribution < 1.29 is 35.5 Å². The first kappa shape index (κ1) is 47.7. The number of halogens is 1. The normalized spacial score (nSPS) is 21.4. The molecule has 4 aliphatic heterocycles. The molecule has 4 fully saturated rings. The summed E-state index contributed by atoms with van der Waals surface area (Å²) in [6.07, 6.45) is 6.01. The Bertz CT molecular complexity index is 3410. The minimum atomic E-state index is -3.33. The minimum absolute atomic E-state index is 0.0147. The van der Waals surface area contributed by atoms with Gasteiger partial charge in [0.2, 0.25) is 31.9 Å². The molecule has 4 aromatic heterocycles. The molecule has 368 valence electrons. The zero-order chi connectivity index (χ0) is 49.6. The van der Waals surface area contributed by atoms with Crippen LogP contribution in [0.25, 0.3) is 44.3 Å². The van der Waals surface area contributed by atoms with E-state index in [2.05, 4.69) is 24.8 Å². The number of amides is 2. The molecule has 8 heterocycles. The van der Waals surface area contributed by atoms with E-state index in [-0.39, 0.29) is 36.0 Å². The Kier molecular flexibility index (Phi) is 12.3. The van der Waals surface area contributed by atoms with Crippen molar-refractivity contribution in [1.82, 2.24) is 43.3 Å². The van der Waals surface area contributed by atoms with E-state index in [1.54, 1.807) is 4.90 Å². The SMILES string of the molecule is Cc1cc(Cl)cc(N2C(=O)CC[C@H]2c2nc3cc(-c4c(C)noc4C)ccc3n2[C@@H]2CCN(S(C)(=O)=O)C2)c1.Cc1noc(C)c1-c1ccc2c(c1)nc([C@@H]1CCC(=O)N1)n2[C@@H]1CCN(S(C)(=O)=O)C1. The number of sulfonamides is 2. The number of aromatic nitrogens is 6. The van der Waals surface area contributed by atoms with E-state index in [0.29, 0.717) is 69.7 Å². The summed E-state index contributed by atoms with van der Waals surface area (Å²) in [7, 11) is -6.58. The molecule has 0 radical (unpaired) electrons. The van der Waals surface area contributed by atoms with Crippen LogP contribution in [0.3, 0.4) is 0 Å². The molecule has 0 unspecified atom stereocenters. The number of nitrogens with one attached hydrogen (secondary N) is 1.